The molecule has 0 radical (unpaired) electrons. The minimum atomic E-state index is 0.664. The molecule has 1 heterocycles. The van der Waals surface area contributed by atoms with Gasteiger partial charge in [0.05, 0.1) is 6.54 Å². The van der Waals surface area contributed by atoms with Gasteiger partial charge in [-0.05, 0) is 24.5 Å². The van der Waals surface area contributed by atoms with Crippen molar-refractivity contribution in [2.45, 2.75) is 69.4 Å². The lowest BCUT2D eigenvalue weighted by Crippen LogP contribution is -2.37. The Balaban J connectivity index is 1.81. The van der Waals surface area contributed by atoms with E-state index in [1.165, 1.54) is 43.0 Å². The molecule has 3 unspecified atom stereocenters. The van der Waals surface area contributed by atoms with Crippen LogP contribution < -0.4 is 5.32 Å². The van der Waals surface area contributed by atoms with Crippen LogP contribution in [-0.4, -0.2) is 34.0 Å². The van der Waals surface area contributed by atoms with E-state index in [-0.39, 0.29) is 0 Å². The van der Waals surface area contributed by atoms with Gasteiger partial charge >= 0.3 is 0 Å². The fraction of sp³-hybridized carbons (Fsp3) is 0.933. The maximum atomic E-state index is 4.75. The standard InChI is InChI=1S/C15H28N2S2/c1-4-11(5-2)14-10-16-15(19-14)17-12-8-7-9-13(12)18-6-3/h11-14H,4-10H2,1-3H3,(H,16,17). The second kappa shape index (κ2) is 7.82. The summed E-state index contributed by atoms with van der Waals surface area (Å²) in [5.74, 6) is 2.07. The lowest BCUT2D eigenvalue weighted by Gasteiger charge is -2.22. The second-order valence-corrected chi connectivity index (χ2v) is 8.30. The highest BCUT2D eigenvalue weighted by atomic mass is 32.2. The van der Waals surface area contributed by atoms with Gasteiger partial charge in [0.2, 0.25) is 0 Å². The van der Waals surface area contributed by atoms with E-state index in [0.29, 0.717) is 6.04 Å². The number of rotatable bonds is 6. The Labute approximate surface area is 127 Å². The molecular weight excluding hydrogens is 272 g/mol. The van der Waals surface area contributed by atoms with Crippen molar-refractivity contribution in [3.63, 3.8) is 0 Å². The topological polar surface area (TPSA) is 24.4 Å². The smallest absolute Gasteiger partial charge is 0.157 e. The van der Waals surface area contributed by atoms with Gasteiger partial charge in [0.1, 0.15) is 0 Å². The predicted octanol–water partition coefficient (Wildman–Crippen LogP) is 4.16. The van der Waals surface area contributed by atoms with Crippen LogP contribution in [0, 0.1) is 5.92 Å². The lowest BCUT2D eigenvalue weighted by atomic mass is 9.99. The van der Waals surface area contributed by atoms with Crippen molar-refractivity contribution in [2.24, 2.45) is 10.9 Å². The molecule has 1 aliphatic heterocycles. The molecule has 0 aromatic carbocycles. The summed E-state index contributed by atoms with van der Waals surface area (Å²) in [6.07, 6.45) is 6.66. The Hall–Kier alpha value is 0.170. The first-order chi connectivity index (χ1) is 9.28. The number of hydrogen-bond donors (Lipinski definition) is 1. The Morgan fingerprint density at radius 3 is 2.79 bits per heavy atom. The van der Waals surface area contributed by atoms with Crippen LogP contribution in [-0.2, 0) is 0 Å². The van der Waals surface area contributed by atoms with Gasteiger partial charge < -0.3 is 5.32 Å². The van der Waals surface area contributed by atoms with E-state index < -0.39 is 0 Å². The van der Waals surface area contributed by atoms with Crippen LogP contribution in [0.25, 0.3) is 0 Å². The van der Waals surface area contributed by atoms with E-state index in [1.807, 2.05) is 11.8 Å². The van der Waals surface area contributed by atoms with Gasteiger partial charge in [0.25, 0.3) is 0 Å². The maximum Gasteiger partial charge on any atom is 0.157 e. The monoisotopic (exact) mass is 300 g/mol. The normalized spacial score (nSPS) is 30.9. The molecule has 1 saturated carbocycles. The third-order valence-corrected chi connectivity index (χ3v) is 7.03. The number of nitrogens with one attached hydrogen (secondary N) is 1. The highest BCUT2D eigenvalue weighted by Gasteiger charge is 2.31. The van der Waals surface area contributed by atoms with Gasteiger partial charge in [-0.2, -0.15) is 11.8 Å². The molecule has 2 nitrogen and oxygen atoms in total. The summed E-state index contributed by atoms with van der Waals surface area (Å²) in [4.78, 5) is 4.75. The molecule has 4 heteroatoms. The lowest BCUT2D eigenvalue weighted by molar-refractivity contribution is 0.479. The van der Waals surface area contributed by atoms with Crippen molar-refractivity contribution >= 4 is 28.7 Å². The van der Waals surface area contributed by atoms with Gasteiger partial charge in [0.15, 0.2) is 5.17 Å². The summed E-state index contributed by atoms with van der Waals surface area (Å²) >= 11 is 4.12. The highest BCUT2D eigenvalue weighted by Crippen LogP contribution is 2.33. The highest BCUT2D eigenvalue weighted by molar-refractivity contribution is 8.14. The van der Waals surface area contributed by atoms with Gasteiger partial charge in [-0.1, -0.05) is 51.8 Å². The summed E-state index contributed by atoms with van der Waals surface area (Å²) < 4.78 is 0. The SMILES string of the molecule is CCSC1CCCC1NC1=NCC(C(CC)CC)S1. The third-order valence-electron chi connectivity index (χ3n) is 4.39. The minimum Gasteiger partial charge on any atom is -0.361 e. The summed E-state index contributed by atoms with van der Waals surface area (Å²) in [6, 6.07) is 0.664. The van der Waals surface area contributed by atoms with Gasteiger partial charge in [-0.3, -0.25) is 4.99 Å². The van der Waals surface area contributed by atoms with E-state index in [1.54, 1.807) is 0 Å². The second-order valence-electron chi connectivity index (χ2n) is 5.55. The molecule has 0 aromatic rings. The van der Waals surface area contributed by atoms with Crippen LogP contribution in [0.5, 0.6) is 0 Å². The molecule has 19 heavy (non-hydrogen) atoms. The van der Waals surface area contributed by atoms with Crippen LogP contribution in [0.2, 0.25) is 0 Å². The largest absolute Gasteiger partial charge is 0.361 e. The Morgan fingerprint density at radius 1 is 1.32 bits per heavy atom. The van der Waals surface area contributed by atoms with Crippen molar-refractivity contribution in [3.05, 3.63) is 0 Å². The molecule has 2 aliphatic rings. The van der Waals surface area contributed by atoms with E-state index in [2.05, 4.69) is 37.8 Å². The zero-order chi connectivity index (χ0) is 13.7. The molecule has 0 bridgehead atoms. The number of amidine groups is 1. The summed E-state index contributed by atoms with van der Waals surface area (Å²) in [5, 5.41) is 6.49. The quantitative estimate of drug-likeness (QED) is 0.797. The first kappa shape index (κ1) is 15.6. The van der Waals surface area contributed by atoms with Gasteiger partial charge in [-0.25, -0.2) is 0 Å². The summed E-state index contributed by atoms with van der Waals surface area (Å²) in [7, 11) is 0. The van der Waals surface area contributed by atoms with Crippen LogP contribution in [0.1, 0.15) is 52.9 Å². The van der Waals surface area contributed by atoms with Gasteiger partial charge in [-0.15, -0.1) is 0 Å². The van der Waals surface area contributed by atoms with E-state index in [9.17, 15) is 0 Å². The van der Waals surface area contributed by atoms with Crippen LogP contribution >= 0.6 is 23.5 Å². The molecule has 2 rings (SSSR count). The van der Waals surface area contributed by atoms with Crippen LogP contribution in [0.4, 0.5) is 0 Å². The molecule has 110 valence electrons. The number of hydrogen-bond acceptors (Lipinski definition) is 4. The first-order valence-electron chi connectivity index (χ1n) is 7.87. The molecule has 1 N–H and O–H groups in total. The predicted molar refractivity (Wildman–Crippen MR) is 90.4 cm³/mol. The summed E-state index contributed by atoms with van der Waals surface area (Å²) in [6.45, 7) is 7.92. The zero-order valence-corrected chi connectivity index (χ0v) is 14.2. The average Bonchev–Trinajstić information content (AvgIpc) is 3.03. The molecule has 0 aromatic heterocycles. The molecule has 0 amide bonds. The molecular formula is C15H28N2S2. The third kappa shape index (κ3) is 4.07. The molecule has 1 aliphatic carbocycles. The average molecular weight is 301 g/mol. The van der Waals surface area contributed by atoms with E-state index in [0.717, 1.165) is 23.0 Å². The fourth-order valence-electron chi connectivity index (χ4n) is 3.19. The van der Waals surface area contributed by atoms with E-state index >= 15 is 0 Å². The maximum absolute atomic E-state index is 4.75. The summed E-state index contributed by atoms with van der Waals surface area (Å²) in [5.41, 5.74) is 0. The zero-order valence-electron chi connectivity index (χ0n) is 12.5. The molecule has 1 fully saturated rings. The van der Waals surface area contributed by atoms with Crippen molar-refractivity contribution < 1.29 is 0 Å². The van der Waals surface area contributed by atoms with Crippen molar-refractivity contribution in [2.75, 3.05) is 12.3 Å². The minimum absolute atomic E-state index is 0.664. The van der Waals surface area contributed by atoms with Crippen molar-refractivity contribution in [3.8, 4) is 0 Å². The Bertz CT molecular complexity index is 303. The fourth-order valence-corrected chi connectivity index (χ4v) is 5.77. The number of thioether (sulfide) groups is 2. The Morgan fingerprint density at radius 2 is 2.11 bits per heavy atom. The van der Waals surface area contributed by atoms with Crippen LogP contribution in [0.15, 0.2) is 4.99 Å². The molecule has 0 spiro atoms. The molecule has 0 saturated heterocycles. The molecule has 3 atom stereocenters. The first-order valence-corrected chi connectivity index (χ1v) is 9.80. The van der Waals surface area contributed by atoms with Crippen molar-refractivity contribution in [1.29, 1.82) is 0 Å². The van der Waals surface area contributed by atoms with Crippen LogP contribution in [0.3, 0.4) is 0 Å². The number of aliphatic imine (C=N–C) groups is 1. The van der Waals surface area contributed by atoms with Gasteiger partial charge in [0, 0.05) is 16.5 Å². The van der Waals surface area contributed by atoms with Crippen molar-refractivity contribution in [1.82, 2.24) is 5.32 Å². The number of nitrogens with zero attached hydrogens (tertiary/aromatic N) is 1. The Kier molecular flexibility index (Phi) is 6.40. The van der Waals surface area contributed by atoms with E-state index in [4.69, 9.17) is 4.99 Å².